The predicted octanol–water partition coefficient (Wildman–Crippen LogP) is 7.33. The number of ether oxygens (including phenoxy) is 5. The zero-order chi connectivity index (χ0) is 23.6. The van der Waals surface area contributed by atoms with Crippen molar-refractivity contribution < 1.29 is 23.7 Å². The van der Waals surface area contributed by atoms with Crippen LogP contribution in [0.4, 0.5) is 0 Å². The molecular formula is C24H23Cl3O5. The maximum Gasteiger partial charge on any atom is 0.149 e. The first-order valence-corrected chi connectivity index (χ1v) is 10.6. The molecule has 3 aromatic rings. The van der Waals surface area contributed by atoms with Gasteiger partial charge in [-0.3, -0.25) is 0 Å². The third-order valence-corrected chi connectivity index (χ3v) is 6.10. The molecule has 3 aromatic carbocycles. The van der Waals surface area contributed by atoms with Crippen molar-refractivity contribution in [3.05, 3.63) is 51.0 Å². The van der Waals surface area contributed by atoms with E-state index in [2.05, 4.69) is 0 Å². The SMILES string of the molecule is COc1cc(C)c(Cl)cc1-c1cc(OC)c(-c2c(OC)cc(Cl)cc2OC)c(OC)c1Cl. The van der Waals surface area contributed by atoms with Crippen LogP contribution >= 0.6 is 34.8 Å². The fraction of sp³-hybridized carbons (Fsp3) is 0.250. The highest BCUT2D eigenvalue weighted by molar-refractivity contribution is 6.36. The molecule has 0 aliphatic heterocycles. The first-order chi connectivity index (χ1) is 15.3. The molecule has 0 atom stereocenters. The molecule has 0 saturated carbocycles. The standard InChI is InChI=1S/C24H23Cl3O5/c1-12-7-17(28-2)14(10-16(12)26)15-11-20(31-5)22(24(32-6)23(15)27)21-18(29-3)8-13(25)9-19(21)30-4/h7-11H,1-6H3. The number of halogens is 3. The maximum absolute atomic E-state index is 6.88. The summed E-state index contributed by atoms with van der Waals surface area (Å²) in [6.45, 7) is 1.90. The van der Waals surface area contributed by atoms with Crippen molar-refractivity contribution in [2.75, 3.05) is 35.5 Å². The molecule has 0 radical (unpaired) electrons. The summed E-state index contributed by atoms with van der Waals surface area (Å²) in [5.41, 5.74) is 3.37. The van der Waals surface area contributed by atoms with E-state index < -0.39 is 0 Å². The molecule has 0 unspecified atom stereocenters. The van der Waals surface area contributed by atoms with Gasteiger partial charge in [-0.15, -0.1) is 0 Å². The molecule has 5 nitrogen and oxygen atoms in total. The van der Waals surface area contributed by atoms with Gasteiger partial charge in [0.05, 0.1) is 51.7 Å². The van der Waals surface area contributed by atoms with E-state index in [-0.39, 0.29) is 0 Å². The summed E-state index contributed by atoms with van der Waals surface area (Å²) in [6, 6.07) is 8.83. The summed E-state index contributed by atoms with van der Waals surface area (Å²) in [4.78, 5) is 0. The van der Waals surface area contributed by atoms with Crippen LogP contribution in [0.5, 0.6) is 28.7 Å². The average Bonchev–Trinajstić information content (AvgIpc) is 2.79. The Kier molecular flexibility index (Phi) is 7.55. The summed E-state index contributed by atoms with van der Waals surface area (Å²) in [5.74, 6) is 2.43. The normalized spacial score (nSPS) is 10.7. The van der Waals surface area contributed by atoms with Gasteiger partial charge in [0.2, 0.25) is 0 Å². The van der Waals surface area contributed by atoms with Crippen molar-refractivity contribution in [1.29, 1.82) is 0 Å². The minimum absolute atomic E-state index is 0.348. The van der Waals surface area contributed by atoms with E-state index in [4.69, 9.17) is 58.5 Å². The highest BCUT2D eigenvalue weighted by atomic mass is 35.5. The first-order valence-electron chi connectivity index (χ1n) is 9.52. The average molecular weight is 498 g/mol. The quantitative estimate of drug-likeness (QED) is 0.342. The summed E-state index contributed by atoms with van der Waals surface area (Å²) in [5, 5.41) is 1.39. The molecule has 0 saturated heterocycles. The van der Waals surface area contributed by atoms with Gasteiger partial charge >= 0.3 is 0 Å². The first kappa shape index (κ1) is 24.2. The van der Waals surface area contributed by atoms with Crippen LogP contribution in [0.1, 0.15) is 5.56 Å². The van der Waals surface area contributed by atoms with E-state index >= 15 is 0 Å². The zero-order valence-electron chi connectivity index (χ0n) is 18.6. The molecule has 170 valence electrons. The van der Waals surface area contributed by atoms with Gasteiger partial charge in [0.1, 0.15) is 28.7 Å². The lowest BCUT2D eigenvalue weighted by molar-refractivity contribution is 0.386. The molecule has 3 rings (SSSR count). The Hall–Kier alpha value is -2.47. The highest BCUT2D eigenvalue weighted by Crippen LogP contribution is 2.54. The number of rotatable bonds is 7. The monoisotopic (exact) mass is 496 g/mol. The lowest BCUT2D eigenvalue weighted by atomic mass is 9.95. The highest BCUT2D eigenvalue weighted by Gasteiger charge is 2.27. The lowest BCUT2D eigenvalue weighted by Gasteiger charge is -2.22. The van der Waals surface area contributed by atoms with Gasteiger partial charge in [-0.2, -0.15) is 0 Å². The van der Waals surface area contributed by atoms with E-state index in [0.29, 0.717) is 66.1 Å². The fourth-order valence-electron chi connectivity index (χ4n) is 3.56. The van der Waals surface area contributed by atoms with Gasteiger partial charge < -0.3 is 23.7 Å². The molecule has 8 heteroatoms. The summed E-state index contributed by atoms with van der Waals surface area (Å²) in [7, 11) is 7.77. The van der Waals surface area contributed by atoms with Crippen LogP contribution in [0.15, 0.2) is 30.3 Å². The molecular weight excluding hydrogens is 475 g/mol. The van der Waals surface area contributed by atoms with Crippen molar-refractivity contribution in [3.63, 3.8) is 0 Å². The number of hydrogen-bond acceptors (Lipinski definition) is 5. The van der Waals surface area contributed by atoms with Crippen LogP contribution in [0.25, 0.3) is 22.3 Å². The van der Waals surface area contributed by atoms with Gasteiger partial charge in [0.25, 0.3) is 0 Å². The van der Waals surface area contributed by atoms with Crippen molar-refractivity contribution in [1.82, 2.24) is 0 Å². The van der Waals surface area contributed by atoms with E-state index in [1.807, 2.05) is 13.0 Å². The molecule has 0 aliphatic rings. The molecule has 0 aliphatic carbocycles. The van der Waals surface area contributed by atoms with Crippen LogP contribution in [0, 0.1) is 6.92 Å². The van der Waals surface area contributed by atoms with Crippen molar-refractivity contribution in [2.45, 2.75) is 6.92 Å². The number of hydrogen-bond donors (Lipinski definition) is 0. The smallest absolute Gasteiger partial charge is 0.149 e. The Balaban J connectivity index is 2.43. The van der Waals surface area contributed by atoms with Crippen LogP contribution < -0.4 is 23.7 Å². The van der Waals surface area contributed by atoms with Crippen LogP contribution in [0.2, 0.25) is 15.1 Å². The largest absolute Gasteiger partial charge is 0.496 e. The lowest BCUT2D eigenvalue weighted by Crippen LogP contribution is -2.01. The Morgan fingerprint density at radius 1 is 0.562 bits per heavy atom. The minimum atomic E-state index is 0.348. The Bertz CT molecular complexity index is 1140. The molecule has 0 bridgehead atoms. The van der Waals surface area contributed by atoms with Crippen molar-refractivity contribution in [3.8, 4) is 51.0 Å². The number of aryl methyl sites for hydroxylation is 1. The number of methoxy groups -OCH3 is 5. The minimum Gasteiger partial charge on any atom is -0.496 e. The second-order valence-corrected chi connectivity index (χ2v) is 8.06. The van der Waals surface area contributed by atoms with Gasteiger partial charge in [-0.05, 0) is 42.8 Å². The Labute approximate surface area is 202 Å². The molecule has 0 amide bonds. The maximum atomic E-state index is 6.88. The molecule has 0 heterocycles. The topological polar surface area (TPSA) is 46.2 Å². The second-order valence-electron chi connectivity index (χ2n) is 6.84. The summed E-state index contributed by atoms with van der Waals surface area (Å²) in [6.07, 6.45) is 0. The Morgan fingerprint density at radius 2 is 1.09 bits per heavy atom. The van der Waals surface area contributed by atoms with Gasteiger partial charge in [-0.1, -0.05) is 34.8 Å². The van der Waals surface area contributed by atoms with E-state index in [9.17, 15) is 0 Å². The third kappa shape index (κ3) is 4.25. The van der Waals surface area contributed by atoms with Crippen LogP contribution in [-0.4, -0.2) is 35.5 Å². The van der Waals surface area contributed by atoms with E-state index in [0.717, 1.165) is 5.56 Å². The fourth-order valence-corrected chi connectivity index (χ4v) is 4.25. The van der Waals surface area contributed by atoms with Crippen molar-refractivity contribution >= 4 is 34.8 Å². The molecule has 32 heavy (non-hydrogen) atoms. The van der Waals surface area contributed by atoms with E-state index in [1.165, 1.54) is 7.11 Å². The van der Waals surface area contributed by atoms with Crippen LogP contribution in [-0.2, 0) is 0 Å². The predicted molar refractivity (Wildman–Crippen MR) is 130 cm³/mol. The van der Waals surface area contributed by atoms with Gasteiger partial charge in [-0.25, -0.2) is 0 Å². The molecule has 0 aromatic heterocycles. The van der Waals surface area contributed by atoms with Gasteiger partial charge in [0, 0.05) is 21.2 Å². The molecule has 0 fully saturated rings. The Morgan fingerprint density at radius 3 is 1.59 bits per heavy atom. The number of benzene rings is 3. The van der Waals surface area contributed by atoms with Crippen LogP contribution in [0.3, 0.4) is 0 Å². The molecule has 0 N–H and O–H groups in total. The van der Waals surface area contributed by atoms with Crippen molar-refractivity contribution in [2.24, 2.45) is 0 Å². The molecule has 0 spiro atoms. The second kappa shape index (κ2) is 9.99. The third-order valence-electron chi connectivity index (χ3n) is 5.10. The summed E-state index contributed by atoms with van der Waals surface area (Å²) >= 11 is 19.5. The van der Waals surface area contributed by atoms with E-state index in [1.54, 1.807) is 52.7 Å². The zero-order valence-corrected chi connectivity index (χ0v) is 20.8. The van der Waals surface area contributed by atoms with Gasteiger partial charge in [0.15, 0.2) is 0 Å². The summed E-state index contributed by atoms with van der Waals surface area (Å²) < 4.78 is 28.3.